The Kier molecular flexibility index (Phi) is 8.70. The fourth-order valence-corrected chi connectivity index (χ4v) is 0.604. The molecule has 120 valence electrons. The summed E-state index contributed by atoms with van der Waals surface area (Å²) in [5.41, 5.74) is -5.53. The molecule has 0 radical (unpaired) electrons. The number of hydrogen-bond acceptors (Lipinski definition) is 4. The SMILES string of the molecule is CC=CC(=O)OCC[N+](C)(C)C.O=S(=O)(O)C(F)(F)F. The number of alkyl halides is 3. The summed E-state index contributed by atoms with van der Waals surface area (Å²) in [7, 11) is 0.337. The van der Waals surface area contributed by atoms with Crippen molar-refractivity contribution in [2.75, 3.05) is 34.3 Å². The van der Waals surface area contributed by atoms with Crippen molar-refractivity contribution in [2.24, 2.45) is 0 Å². The highest BCUT2D eigenvalue weighted by atomic mass is 32.2. The Hall–Kier alpha value is -1.13. The van der Waals surface area contributed by atoms with E-state index in [0.717, 1.165) is 11.0 Å². The van der Waals surface area contributed by atoms with E-state index in [9.17, 15) is 18.0 Å². The van der Waals surface area contributed by atoms with Gasteiger partial charge in [0.15, 0.2) is 0 Å². The summed E-state index contributed by atoms with van der Waals surface area (Å²) in [5, 5.41) is 0. The molecule has 20 heavy (non-hydrogen) atoms. The topological polar surface area (TPSA) is 80.7 Å². The van der Waals surface area contributed by atoms with Gasteiger partial charge in [0.25, 0.3) is 0 Å². The second kappa shape index (κ2) is 8.22. The molecular formula is C10H19F3NO5S+. The predicted molar refractivity (Wildman–Crippen MR) is 66.3 cm³/mol. The number of carbonyl (C=O) groups excluding carboxylic acids is 1. The Balaban J connectivity index is 0. The first kappa shape index (κ1) is 21.2. The van der Waals surface area contributed by atoms with Gasteiger partial charge >= 0.3 is 21.6 Å². The van der Waals surface area contributed by atoms with E-state index in [0.29, 0.717) is 6.61 Å². The maximum absolute atomic E-state index is 10.8. The van der Waals surface area contributed by atoms with Crippen LogP contribution in [0.25, 0.3) is 0 Å². The number of halogens is 3. The van der Waals surface area contributed by atoms with Gasteiger partial charge in [-0.3, -0.25) is 4.55 Å². The lowest BCUT2D eigenvalue weighted by Gasteiger charge is -2.23. The van der Waals surface area contributed by atoms with Crippen LogP contribution in [0.2, 0.25) is 0 Å². The molecule has 10 heteroatoms. The second-order valence-corrected chi connectivity index (χ2v) is 6.02. The van der Waals surface area contributed by atoms with E-state index < -0.39 is 15.6 Å². The average molecular weight is 322 g/mol. The van der Waals surface area contributed by atoms with Crippen molar-refractivity contribution in [2.45, 2.75) is 12.4 Å². The molecule has 0 unspecified atom stereocenters. The van der Waals surface area contributed by atoms with Crippen molar-refractivity contribution in [3.05, 3.63) is 12.2 Å². The number of carbonyl (C=O) groups is 1. The summed E-state index contributed by atoms with van der Waals surface area (Å²) < 4.78 is 63.3. The van der Waals surface area contributed by atoms with Crippen molar-refractivity contribution < 1.29 is 40.2 Å². The summed E-state index contributed by atoms with van der Waals surface area (Å²) in [6.07, 6.45) is 3.10. The van der Waals surface area contributed by atoms with Crippen molar-refractivity contribution in [3.63, 3.8) is 0 Å². The molecule has 0 rings (SSSR count). The number of quaternary nitrogens is 1. The van der Waals surface area contributed by atoms with Crippen LogP contribution in [-0.4, -0.2) is 63.2 Å². The first-order chi connectivity index (χ1) is 8.70. The van der Waals surface area contributed by atoms with E-state index in [-0.39, 0.29) is 5.97 Å². The highest BCUT2D eigenvalue weighted by molar-refractivity contribution is 7.86. The van der Waals surface area contributed by atoms with Gasteiger partial charge in [0.2, 0.25) is 0 Å². The zero-order valence-corrected chi connectivity index (χ0v) is 12.5. The van der Waals surface area contributed by atoms with Crippen LogP contribution in [0.4, 0.5) is 13.2 Å². The summed E-state index contributed by atoms with van der Waals surface area (Å²) in [4.78, 5) is 10.8. The highest BCUT2D eigenvalue weighted by Gasteiger charge is 2.44. The third-order valence-corrected chi connectivity index (χ3v) is 2.19. The van der Waals surface area contributed by atoms with Crippen molar-refractivity contribution >= 4 is 16.1 Å². The van der Waals surface area contributed by atoms with Crippen molar-refractivity contribution in [3.8, 4) is 0 Å². The van der Waals surface area contributed by atoms with Crippen LogP contribution >= 0.6 is 0 Å². The first-order valence-electron chi connectivity index (χ1n) is 5.34. The van der Waals surface area contributed by atoms with Gasteiger partial charge in [-0.05, 0) is 6.92 Å². The molecule has 0 atom stereocenters. The van der Waals surface area contributed by atoms with E-state index in [1.807, 2.05) is 0 Å². The number of nitrogens with zero attached hydrogens (tertiary/aromatic N) is 1. The molecule has 0 aliphatic rings. The molecule has 0 heterocycles. The lowest BCUT2D eigenvalue weighted by Crippen LogP contribution is -2.37. The molecule has 0 aliphatic carbocycles. The largest absolute Gasteiger partial charge is 0.522 e. The lowest BCUT2D eigenvalue weighted by molar-refractivity contribution is -0.870. The number of esters is 1. The Bertz CT molecular complexity index is 423. The lowest BCUT2D eigenvalue weighted by atomic mass is 10.5. The quantitative estimate of drug-likeness (QED) is 0.277. The first-order valence-corrected chi connectivity index (χ1v) is 6.78. The van der Waals surface area contributed by atoms with E-state index >= 15 is 0 Å². The third kappa shape index (κ3) is 13.3. The molecule has 0 aromatic rings. The van der Waals surface area contributed by atoms with Crippen LogP contribution in [0.1, 0.15) is 6.92 Å². The fraction of sp³-hybridized carbons (Fsp3) is 0.700. The number of ether oxygens (including phenoxy) is 1. The fourth-order valence-electron chi connectivity index (χ4n) is 0.604. The van der Waals surface area contributed by atoms with Crippen molar-refractivity contribution in [1.82, 2.24) is 0 Å². The molecule has 0 amide bonds. The van der Waals surface area contributed by atoms with E-state index in [2.05, 4.69) is 21.1 Å². The third-order valence-electron chi connectivity index (χ3n) is 1.60. The molecule has 0 aliphatic heterocycles. The Morgan fingerprint density at radius 1 is 1.30 bits per heavy atom. The van der Waals surface area contributed by atoms with Gasteiger partial charge in [0, 0.05) is 6.08 Å². The number of likely N-dealkylation sites (N-methyl/N-ethyl adjacent to an activating group) is 1. The van der Waals surface area contributed by atoms with Crippen LogP contribution in [0, 0.1) is 0 Å². The monoisotopic (exact) mass is 322 g/mol. The van der Waals surface area contributed by atoms with E-state index in [1.54, 1.807) is 13.0 Å². The van der Waals surface area contributed by atoms with Gasteiger partial charge in [-0.25, -0.2) is 4.79 Å². The zero-order chi connectivity index (χ0) is 16.6. The van der Waals surface area contributed by atoms with Crippen LogP contribution in [0.3, 0.4) is 0 Å². The minimum atomic E-state index is -5.84. The maximum Gasteiger partial charge on any atom is 0.522 e. The van der Waals surface area contributed by atoms with Gasteiger partial charge in [-0.2, -0.15) is 21.6 Å². The minimum absolute atomic E-state index is 0.258. The molecule has 6 nitrogen and oxygen atoms in total. The normalized spacial score (nSPS) is 12.8. The number of rotatable bonds is 4. The average Bonchev–Trinajstić information content (AvgIpc) is 2.13. The van der Waals surface area contributed by atoms with Gasteiger partial charge in [0.05, 0.1) is 21.1 Å². The smallest absolute Gasteiger partial charge is 0.457 e. The Labute approximate surface area is 116 Å². The molecule has 0 spiro atoms. The molecule has 0 aromatic carbocycles. The predicted octanol–water partition coefficient (Wildman–Crippen LogP) is 1.21. The van der Waals surface area contributed by atoms with Crippen molar-refractivity contribution in [1.29, 1.82) is 0 Å². The van der Waals surface area contributed by atoms with Gasteiger partial charge < -0.3 is 9.22 Å². The van der Waals surface area contributed by atoms with Crippen LogP contribution in [0.5, 0.6) is 0 Å². The summed E-state index contributed by atoms with van der Waals surface area (Å²) in [5.74, 6) is -0.258. The van der Waals surface area contributed by atoms with E-state index in [4.69, 9.17) is 17.7 Å². The standard InChI is InChI=1S/C9H18NO2.CHF3O3S/c1-5-6-9(11)12-8-7-10(2,3)4;2-1(3,4)8(5,6)7/h5-6H,7-8H2,1-4H3;(H,5,6,7)/q+1;. The van der Waals surface area contributed by atoms with E-state index in [1.165, 1.54) is 6.08 Å². The summed E-state index contributed by atoms with van der Waals surface area (Å²) in [6, 6.07) is 0. The minimum Gasteiger partial charge on any atom is -0.457 e. The van der Waals surface area contributed by atoms with Gasteiger partial charge in [-0.15, -0.1) is 0 Å². The molecule has 1 N–H and O–H groups in total. The second-order valence-electron chi connectivity index (χ2n) is 4.60. The number of allylic oxidation sites excluding steroid dienone is 1. The van der Waals surface area contributed by atoms with Gasteiger partial charge in [-0.1, -0.05) is 6.08 Å². The summed E-state index contributed by atoms with van der Waals surface area (Å²) in [6.45, 7) is 3.11. The van der Waals surface area contributed by atoms with Crippen LogP contribution < -0.4 is 0 Å². The number of hydrogen-bond donors (Lipinski definition) is 1. The molecule has 0 bridgehead atoms. The molecule has 0 fully saturated rings. The molecule has 0 aromatic heterocycles. The summed E-state index contributed by atoms with van der Waals surface area (Å²) >= 11 is 0. The van der Waals surface area contributed by atoms with Gasteiger partial charge in [0.1, 0.15) is 13.2 Å². The maximum atomic E-state index is 10.8. The highest BCUT2D eigenvalue weighted by Crippen LogP contribution is 2.20. The molecular weight excluding hydrogens is 303 g/mol. The molecule has 0 saturated heterocycles. The Morgan fingerprint density at radius 2 is 1.70 bits per heavy atom. The van der Waals surface area contributed by atoms with Crippen LogP contribution in [0.15, 0.2) is 12.2 Å². The van der Waals surface area contributed by atoms with Crippen LogP contribution in [-0.2, 0) is 19.6 Å². The Morgan fingerprint density at radius 3 is 1.95 bits per heavy atom. The molecule has 0 saturated carbocycles. The zero-order valence-electron chi connectivity index (χ0n) is 11.6.